The number of pyridine rings is 1. The Morgan fingerprint density at radius 3 is 2.20 bits per heavy atom. The van der Waals surface area contributed by atoms with Crippen LogP contribution < -0.4 is 0 Å². The van der Waals surface area contributed by atoms with Gasteiger partial charge in [0, 0.05) is 38.7 Å². The molecule has 0 bridgehead atoms. The third-order valence-electron chi connectivity index (χ3n) is 8.82. The van der Waals surface area contributed by atoms with Gasteiger partial charge in [0.2, 0.25) is 5.95 Å². The van der Waals surface area contributed by atoms with Crippen LogP contribution in [0.2, 0.25) is 0 Å². The fourth-order valence-corrected chi connectivity index (χ4v) is 6.99. The molecule has 204 valence electrons. The maximum Gasteiger partial charge on any atom is 0.235 e. The number of benzene rings is 6. The van der Waals surface area contributed by atoms with Crippen LogP contribution in [0.1, 0.15) is 0 Å². The molecule has 0 N–H and O–H groups in total. The number of rotatable bonds is 2. The van der Waals surface area contributed by atoms with Crippen LogP contribution in [-0.2, 0) is 0 Å². The van der Waals surface area contributed by atoms with Crippen molar-refractivity contribution in [2.75, 3.05) is 0 Å². The third-order valence-corrected chi connectivity index (χ3v) is 8.82. The van der Waals surface area contributed by atoms with Crippen molar-refractivity contribution in [1.82, 2.24) is 19.5 Å². The average Bonchev–Trinajstić information content (AvgIpc) is 3.65. The number of para-hydroxylation sites is 2. The summed E-state index contributed by atoms with van der Waals surface area (Å²) in [5, 5.41) is 8.68. The molecule has 0 radical (unpaired) electrons. The van der Waals surface area contributed by atoms with Gasteiger partial charge in [-0.3, -0.25) is 9.55 Å². The van der Waals surface area contributed by atoms with Crippen molar-refractivity contribution in [3.05, 3.63) is 134 Å². The number of fused-ring (bicyclic) bond motifs is 13. The first-order valence-corrected chi connectivity index (χ1v) is 14.7. The number of aromatic nitrogens is 4. The summed E-state index contributed by atoms with van der Waals surface area (Å²) in [6.45, 7) is 0. The monoisotopic (exact) mass is 562 g/mol. The second-order valence-electron chi connectivity index (χ2n) is 11.2. The Kier molecular flexibility index (Phi) is 4.66. The van der Waals surface area contributed by atoms with Gasteiger partial charge < -0.3 is 4.42 Å². The number of furan rings is 1. The smallest absolute Gasteiger partial charge is 0.235 e. The van der Waals surface area contributed by atoms with Gasteiger partial charge in [0.05, 0.1) is 27.6 Å². The van der Waals surface area contributed by atoms with Crippen LogP contribution in [0.4, 0.5) is 0 Å². The molecule has 0 saturated carbocycles. The van der Waals surface area contributed by atoms with Crippen LogP contribution in [0.15, 0.2) is 138 Å². The van der Waals surface area contributed by atoms with Gasteiger partial charge in [0.15, 0.2) is 5.58 Å². The summed E-state index contributed by atoms with van der Waals surface area (Å²) in [5.41, 5.74) is 7.36. The van der Waals surface area contributed by atoms with E-state index < -0.39 is 0 Å². The molecular weight excluding hydrogens is 540 g/mol. The Labute approximate surface area is 250 Å². The summed E-state index contributed by atoms with van der Waals surface area (Å²) in [6.07, 6.45) is 1.84. The van der Waals surface area contributed by atoms with Crippen molar-refractivity contribution >= 4 is 76.3 Å². The number of hydrogen-bond donors (Lipinski definition) is 0. The quantitative estimate of drug-likeness (QED) is 0.197. The van der Waals surface area contributed by atoms with Crippen LogP contribution in [0, 0.1) is 0 Å². The molecular formula is C39H22N4O. The van der Waals surface area contributed by atoms with E-state index in [0.29, 0.717) is 5.95 Å². The van der Waals surface area contributed by atoms with Crippen molar-refractivity contribution in [2.24, 2.45) is 0 Å². The molecule has 0 spiro atoms. The van der Waals surface area contributed by atoms with Gasteiger partial charge in [-0.15, -0.1) is 0 Å². The molecule has 10 aromatic rings. The van der Waals surface area contributed by atoms with E-state index in [9.17, 15) is 0 Å². The van der Waals surface area contributed by atoms with Crippen LogP contribution in [0.5, 0.6) is 0 Å². The molecule has 44 heavy (non-hydrogen) atoms. The normalized spacial score (nSPS) is 12.1. The minimum absolute atomic E-state index is 0.618. The Morgan fingerprint density at radius 2 is 1.30 bits per heavy atom. The summed E-state index contributed by atoms with van der Waals surface area (Å²) < 4.78 is 8.78. The van der Waals surface area contributed by atoms with Crippen LogP contribution >= 0.6 is 0 Å². The molecule has 5 heteroatoms. The Bertz CT molecular complexity index is 2780. The van der Waals surface area contributed by atoms with E-state index in [4.69, 9.17) is 19.4 Å². The summed E-state index contributed by atoms with van der Waals surface area (Å²) in [7, 11) is 0. The fraction of sp³-hybridized carbons (Fsp3) is 0. The Morgan fingerprint density at radius 1 is 0.545 bits per heavy atom. The van der Waals surface area contributed by atoms with Gasteiger partial charge in [-0.05, 0) is 35.0 Å². The minimum atomic E-state index is 0.618. The van der Waals surface area contributed by atoms with Gasteiger partial charge in [0.1, 0.15) is 11.1 Å². The van der Waals surface area contributed by atoms with Gasteiger partial charge in [-0.25, -0.2) is 9.97 Å². The molecule has 4 heterocycles. The molecule has 0 amide bonds. The highest BCUT2D eigenvalue weighted by Crippen LogP contribution is 2.45. The topological polar surface area (TPSA) is 56.7 Å². The lowest BCUT2D eigenvalue weighted by atomic mass is 10.0. The predicted octanol–water partition coefficient (Wildman–Crippen LogP) is 9.99. The third kappa shape index (κ3) is 3.10. The van der Waals surface area contributed by atoms with E-state index >= 15 is 0 Å². The maximum atomic E-state index is 6.56. The van der Waals surface area contributed by atoms with E-state index in [1.807, 2.05) is 30.5 Å². The van der Waals surface area contributed by atoms with Crippen LogP contribution in [0.25, 0.3) is 93.5 Å². The highest BCUT2D eigenvalue weighted by Gasteiger charge is 2.25. The molecule has 0 saturated heterocycles. The Hall–Kier alpha value is -6.07. The lowest BCUT2D eigenvalue weighted by Gasteiger charge is -2.14. The van der Waals surface area contributed by atoms with Crippen molar-refractivity contribution in [1.29, 1.82) is 0 Å². The zero-order chi connectivity index (χ0) is 28.8. The lowest BCUT2D eigenvalue weighted by molar-refractivity contribution is 0.672. The minimum Gasteiger partial charge on any atom is -0.454 e. The molecule has 0 aliphatic heterocycles. The van der Waals surface area contributed by atoms with Gasteiger partial charge in [0.25, 0.3) is 0 Å². The van der Waals surface area contributed by atoms with Crippen molar-refractivity contribution < 1.29 is 4.42 Å². The van der Waals surface area contributed by atoms with Crippen molar-refractivity contribution in [3.8, 4) is 17.2 Å². The second-order valence-corrected chi connectivity index (χ2v) is 11.2. The molecule has 0 atom stereocenters. The van der Waals surface area contributed by atoms with Crippen molar-refractivity contribution in [2.45, 2.75) is 0 Å². The van der Waals surface area contributed by atoms with Crippen LogP contribution in [-0.4, -0.2) is 19.5 Å². The molecule has 4 aromatic heterocycles. The summed E-state index contributed by atoms with van der Waals surface area (Å²) in [6, 6.07) is 44.0. The molecule has 0 unspecified atom stereocenters. The largest absolute Gasteiger partial charge is 0.454 e. The van der Waals surface area contributed by atoms with Crippen molar-refractivity contribution in [3.63, 3.8) is 0 Å². The van der Waals surface area contributed by atoms with E-state index in [-0.39, 0.29) is 0 Å². The van der Waals surface area contributed by atoms with Crippen LogP contribution in [0.3, 0.4) is 0 Å². The molecule has 0 aliphatic carbocycles. The number of nitrogens with zero attached hydrogens (tertiary/aromatic N) is 4. The second kappa shape index (κ2) is 8.72. The standard InChI is InChI=1S/C39H22N4O/c1-2-12-24(13-3-1)35-33-25-14-5-4-11-23(25)20-21-29(33)41-39(42-35)43-30-18-8-6-15-26(30)32-28-17-10-22-40-36(28)38-34(37(32)43)27-16-7-9-19-31(27)44-38/h1-22H. The fourth-order valence-electron chi connectivity index (χ4n) is 6.99. The Balaban J connectivity index is 1.46. The summed E-state index contributed by atoms with van der Waals surface area (Å²) in [5.74, 6) is 0.618. The first-order valence-electron chi connectivity index (χ1n) is 14.7. The first-order chi connectivity index (χ1) is 21.8. The van der Waals surface area contributed by atoms with E-state index in [1.54, 1.807) is 0 Å². The van der Waals surface area contributed by atoms with Gasteiger partial charge >= 0.3 is 0 Å². The summed E-state index contributed by atoms with van der Waals surface area (Å²) in [4.78, 5) is 15.6. The zero-order valence-corrected chi connectivity index (χ0v) is 23.4. The van der Waals surface area contributed by atoms with E-state index in [2.05, 4.69) is 108 Å². The molecule has 0 fully saturated rings. The van der Waals surface area contributed by atoms with Gasteiger partial charge in [-0.2, -0.15) is 0 Å². The molecule has 0 aliphatic rings. The predicted molar refractivity (Wildman–Crippen MR) is 179 cm³/mol. The highest BCUT2D eigenvalue weighted by molar-refractivity contribution is 6.34. The van der Waals surface area contributed by atoms with E-state index in [1.165, 1.54) is 0 Å². The molecule has 5 nitrogen and oxygen atoms in total. The maximum absolute atomic E-state index is 6.56. The lowest BCUT2D eigenvalue weighted by Crippen LogP contribution is -2.04. The van der Waals surface area contributed by atoms with E-state index in [0.717, 1.165) is 87.6 Å². The average molecular weight is 563 g/mol. The highest BCUT2D eigenvalue weighted by atomic mass is 16.3. The summed E-state index contributed by atoms with van der Waals surface area (Å²) >= 11 is 0. The van der Waals surface area contributed by atoms with Gasteiger partial charge in [-0.1, -0.05) is 103 Å². The molecule has 10 rings (SSSR count). The number of hydrogen-bond acceptors (Lipinski definition) is 4. The zero-order valence-electron chi connectivity index (χ0n) is 23.4. The first kappa shape index (κ1) is 23.5. The SMILES string of the molecule is c1ccc(-c2nc(-n3c4ccccc4c4c5cccnc5c5oc6ccccc6c5c43)nc3ccc4ccccc4c23)cc1. The molecule has 6 aromatic carbocycles.